The van der Waals surface area contributed by atoms with Crippen molar-refractivity contribution in [2.75, 3.05) is 19.8 Å². The minimum absolute atomic E-state index is 0.308. The highest BCUT2D eigenvalue weighted by molar-refractivity contribution is 5.80. The fraction of sp³-hybridized carbons (Fsp3) is 0.423. The van der Waals surface area contributed by atoms with Crippen molar-refractivity contribution in [3.63, 3.8) is 0 Å². The molecule has 1 fully saturated rings. The third-order valence-corrected chi connectivity index (χ3v) is 5.78. The zero-order valence-electron chi connectivity index (χ0n) is 19.4. The molecule has 4 rings (SSSR count). The third kappa shape index (κ3) is 5.42. The highest BCUT2D eigenvalue weighted by Gasteiger charge is 2.44. The monoisotopic (exact) mass is 450 g/mol. The molecule has 1 saturated heterocycles. The number of oxazole rings is 1. The predicted molar refractivity (Wildman–Crippen MR) is 123 cm³/mol. The standard InChI is InChI=1S/C26H30N2O5/c1-4-30-25(29)26(12-6-13-32-26)16-21-9-10-22(17-27-21)31-14-11-23-19(3)33-24(28-23)20-8-5-7-18(2)15-20/h5,7-10,15,17H,4,6,11-14,16H2,1-3H3. The maximum atomic E-state index is 12.4. The normalized spacial score (nSPS) is 17.8. The number of benzene rings is 1. The van der Waals surface area contributed by atoms with Gasteiger partial charge < -0.3 is 18.6 Å². The molecule has 33 heavy (non-hydrogen) atoms. The van der Waals surface area contributed by atoms with Crippen molar-refractivity contribution in [3.8, 4) is 17.2 Å². The number of carbonyl (C=O) groups is 1. The lowest BCUT2D eigenvalue weighted by Crippen LogP contribution is -2.42. The Bertz CT molecular complexity index is 1080. The van der Waals surface area contributed by atoms with E-state index in [1.165, 1.54) is 0 Å². The Morgan fingerprint density at radius 2 is 2.09 bits per heavy atom. The quantitative estimate of drug-likeness (QED) is 0.440. The summed E-state index contributed by atoms with van der Waals surface area (Å²) in [5.41, 5.74) is 2.86. The number of nitrogens with zero attached hydrogens (tertiary/aromatic N) is 2. The zero-order valence-corrected chi connectivity index (χ0v) is 19.4. The third-order valence-electron chi connectivity index (χ3n) is 5.78. The Morgan fingerprint density at radius 1 is 1.21 bits per heavy atom. The number of aryl methyl sites for hydroxylation is 2. The molecule has 7 heteroatoms. The van der Waals surface area contributed by atoms with Gasteiger partial charge in [0.25, 0.3) is 0 Å². The lowest BCUT2D eigenvalue weighted by Gasteiger charge is -2.25. The molecule has 3 aromatic rings. The lowest BCUT2D eigenvalue weighted by molar-refractivity contribution is -0.166. The van der Waals surface area contributed by atoms with Gasteiger partial charge in [-0.2, -0.15) is 0 Å². The zero-order chi connectivity index (χ0) is 23.3. The van der Waals surface area contributed by atoms with Gasteiger partial charge in [-0.15, -0.1) is 0 Å². The number of ether oxygens (including phenoxy) is 3. The number of rotatable bonds is 9. The first-order valence-electron chi connectivity index (χ1n) is 11.4. The van der Waals surface area contributed by atoms with Crippen LogP contribution >= 0.6 is 0 Å². The first-order valence-corrected chi connectivity index (χ1v) is 11.4. The van der Waals surface area contributed by atoms with E-state index in [9.17, 15) is 4.79 Å². The Kier molecular flexibility index (Phi) is 7.08. The summed E-state index contributed by atoms with van der Waals surface area (Å²) in [5.74, 6) is 1.78. The number of hydrogen-bond donors (Lipinski definition) is 0. The van der Waals surface area contributed by atoms with E-state index in [0.717, 1.165) is 34.7 Å². The van der Waals surface area contributed by atoms with E-state index in [-0.39, 0.29) is 5.97 Å². The lowest BCUT2D eigenvalue weighted by atomic mass is 9.94. The van der Waals surface area contributed by atoms with E-state index < -0.39 is 5.60 Å². The second-order valence-electron chi connectivity index (χ2n) is 8.32. The summed E-state index contributed by atoms with van der Waals surface area (Å²) in [4.78, 5) is 21.6. The second kappa shape index (κ2) is 10.2. The highest BCUT2D eigenvalue weighted by Crippen LogP contribution is 2.31. The molecular formula is C26H30N2O5. The average Bonchev–Trinajstić information content (AvgIpc) is 3.43. The van der Waals surface area contributed by atoms with Crippen LogP contribution in [0.1, 0.15) is 42.5 Å². The van der Waals surface area contributed by atoms with Crippen LogP contribution < -0.4 is 4.74 Å². The molecule has 174 valence electrons. The van der Waals surface area contributed by atoms with Gasteiger partial charge in [0.05, 0.1) is 25.1 Å². The number of carbonyl (C=O) groups excluding carboxylic acids is 1. The van der Waals surface area contributed by atoms with Crippen molar-refractivity contribution in [3.05, 3.63) is 65.3 Å². The van der Waals surface area contributed by atoms with Gasteiger partial charge in [-0.3, -0.25) is 4.98 Å². The molecular weight excluding hydrogens is 420 g/mol. The summed E-state index contributed by atoms with van der Waals surface area (Å²) in [5, 5.41) is 0. The van der Waals surface area contributed by atoms with Crippen molar-refractivity contribution in [2.45, 2.75) is 52.1 Å². The summed E-state index contributed by atoms with van der Waals surface area (Å²) in [6.07, 6.45) is 4.19. The molecule has 1 atom stereocenters. The van der Waals surface area contributed by atoms with Gasteiger partial charge in [-0.25, -0.2) is 9.78 Å². The second-order valence-corrected chi connectivity index (χ2v) is 8.32. The average molecular weight is 451 g/mol. The molecule has 1 aliphatic heterocycles. The fourth-order valence-corrected chi connectivity index (χ4v) is 4.05. The SMILES string of the molecule is CCOC(=O)C1(Cc2ccc(OCCc3nc(-c4cccc(C)c4)oc3C)cn2)CCCO1. The van der Waals surface area contributed by atoms with Crippen LogP contribution in [0.15, 0.2) is 47.0 Å². The molecule has 0 saturated carbocycles. The molecule has 3 heterocycles. The van der Waals surface area contributed by atoms with Crippen LogP contribution in [0.4, 0.5) is 0 Å². The molecule has 0 bridgehead atoms. The molecule has 0 N–H and O–H groups in total. The van der Waals surface area contributed by atoms with Crippen molar-refractivity contribution < 1.29 is 23.4 Å². The van der Waals surface area contributed by atoms with Crippen LogP contribution in [0, 0.1) is 13.8 Å². The van der Waals surface area contributed by atoms with Gasteiger partial charge >= 0.3 is 5.97 Å². The van der Waals surface area contributed by atoms with E-state index in [0.29, 0.717) is 50.7 Å². The number of esters is 1. The van der Waals surface area contributed by atoms with Crippen LogP contribution in [-0.2, 0) is 27.1 Å². The van der Waals surface area contributed by atoms with Crippen molar-refractivity contribution in [1.29, 1.82) is 0 Å². The molecule has 2 aromatic heterocycles. The minimum Gasteiger partial charge on any atom is -0.492 e. The van der Waals surface area contributed by atoms with Crippen LogP contribution in [0.3, 0.4) is 0 Å². The van der Waals surface area contributed by atoms with Crippen LogP contribution in [-0.4, -0.2) is 41.4 Å². The minimum atomic E-state index is -0.926. The van der Waals surface area contributed by atoms with Crippen LogP contribution in [0.5, 0.6) is 5.75 Å². The first kappa shape index (κ1) is 23.0. The summed E-state index contributed by atoms with van der Waals surface area (Å²) in [6.45, 7) is 7.12. The van der Waals surface area contributed by atoms with E-state index in [1.54, 1.807) is 13.1 Å². The largest absolute Gasteiger partial charge is 0.492 e. The summed E-state index contributed by atoms with van der Waals surface area (Å²) >= 11 is 0. The van der Waals surface area contributed by atoms with E-state index in [4.69, 9.17) is 18.6 Å². The number of hydrogen-bond acceptors (Lipinski definition) is 7. The van der Waals surface area contributed by atoms with E-state index in [1.807, 2.05) is 44.2 Å². The van der Waals surface area contributed by atoms with Gasteiger partial charge in [0.1, 0.15) is 11.5 Å². The highest BCUT2D eigenvalue weighted by atomic mass is 16.6. The molecule has 0 aliphatic carbocycles. The Labute approximate surface area is 194 Å². The van der Waals surface area contributed by atoms with Crippen LogP contribution in [0.25, 0.3) is 11.5 Å². The Balaban J connectivity index is 1.33. The number of aromatic nitrogens is 2. The molecule has 0 radical (unpaired) electrons. The van der Waals surface area contributed by atoms with Gasteiger partial charge in [0.15, 0.2) is 5.60 Å². The molecule has 0 spiro atoms. The smallest absolute Gasteiger partial charge is 0.338 e. The Morgan fingerprint density at radius 3 is 2.79 bits per heavy atom. The van der Waals surface area contributed by atoms with Crippen LogP contribution in [0.2, 0.25) is 0 Å². The van der Waals surface area contributed by atoms with Gasteiger partial charge in [-0.1, -0.05) is 17.7 Å². The van der Waals surface area contributed by atoms with E-state index in [2.05, 4.69) is 16.0 Å². The van der Waals surface area contributed by atoms with Gasteiger partial charge in [0.2, 0.25) is 5.89 Å². The Hall–Kier alpha value is -3.19. The van der Waals surface area contributed by atoms with Crippen molar-refractivity contribution in [1.82, 2.24) is 9.97 Å². The summed E-state index contributed by atoms with van der Waals surface area (Å²) < 4.78 is 22.8. The van der Waals surface area contributed by atoms with Gasteiger partial charge in [0, 0.05) is 30.7 Å². The summed E-state index contributed by atoms with van der Waals surface area (Å²) in [6, 6.07) is 11.8. The van der Waals surface area contributed by atoms with Crippen molar-refractivity contribution >= 4 is 5.97 Å². The maximum Gasteiger partial charge on any atom is 0.338 e. The molecule has 7 nitrogen and oxygen atoms in total. The molecule has 1 aliphatic rings. The predicted octanol–water partition coefficient (Wildman–Crippen LogP) is 4.63. The van der Waals surface area contributed by atoms with Gasteiger partial charge in [-0.05, 0) is 57.9 Å². The first-order chi connectivity index (χ1) is 16.0. The molecule has 1 aromatic carbocycles. The summed E-state index contributed by atoms with van der Waals surface area (Å²) in [7, 11) is 0. The molecule has 1 unspecified atom stereocenters. The fourth-order valence-electron chi connectivity index (χ4n) is 4.05. The maximum absolute atomic E-state index is 12.4. The molecule has 0 amide bonds. The van der Waals surface area contributed by atoms with Crippen molar-refractivity contribution in [2.24, 2.45) is 0 Å². The number of pyridine rings is 1. The topological polar surface area (TPSA) is 83.7 Å². The van der Waals surface area contributed by atoms with E-state index >= 15 is 0 Å².